The summed E-state index contributed by atoms with van der Waals surface area (Å²) in [5.41, 5.74) is -0.958. The van der Waals surface area contributed by atoms with Gasteiger partial charge in [0.25, 0.3) is 5.91 Å². The summed E-state index contributed by atoms with van der Waals surface area (Å²) >= 11 is 0. The highest BCUT2D eigenvalue weighted by atomic mass is 19.4. The number of nitrogens with one attached hydrogen (secondary N) is 1. The maximum Gasteiger partial charge on any atom is 0.416 e. The van der Waals surface area contributed by atoms with Gasteiger partial charge >= 0.3 is 12.1 Å². The van der Waals surface area contributed by atoms with Crippen LogP contribution < -0.4 is 5.32 Å². The van der Waals surface area contributed by atoms with Crippen LogP contribution in [0.5, 0.6) is 0 Å². The van der Waals surface area contributed by atoms with Gasteiger partial charge in [-0.15, -0.1) is 0 Å². The van der Waals surface area contributed by atoms with Gasteiger partial charge in [0.1, 0.15) is 0 Å². The first-order valence-electron chi connectivity index (χ1n) is 5.08. The summed E-state index contributed by atoms with van der Waals surface area (Å²) in [7, 11) is 0. The second-order valence-electron chi connectivity index (χ2n) is 3.64. The predicted molar refractivity (Wildman–Crippen MR) is 57.4 cm³/mol. The van der Waals surface area contributed by atoms with E-state index in [1.165, 1.54) is 0 Å². The summed E-state index contributed by atoms with van der Waals surface area (Å²) in [4.78, 5) is 21.7. The Bertz CT molecular complexity index is 470. The monoisotopic (exact) mass is 277 g/mol. The van der Waals surface area contributed by atoms with Crippen LogP contribution in [0.1, 0.15) is 15.9 Å². The Kier molecular flexibility index (Phi) is 4.49. The molecule has 0 spiro atoms. The molecule has 8 heteroatoms. The maximum atomic E-state index is 12.3. The Morgan fingerprint density at radius 3 is 2.16 bits per heavy atom. The Morgan fingerprint density at radius 2 is 1.74 bits per heavy atom. The Hall–Kier alpha value is -2.09. The van der Waals surface area contributed by atoms with Crippen LogP contribution in [0.4, 0.5) is 13.2 Å². The molecule has 0 radical (unpaired) electrons. The van der Waals surface area contributed by atoms with Gasteiger partial charge in [0.2, 0.25) is 0 Å². The molecule has 0 heterocycles. The lowest BCUT2D eigenvalue weighted by atomic mass is 10.1. The molecule has 5 nitrogen and oxygen atoms in total. The van der Waals surface area contributed by atoms with Crippen molar-refractivity contribution in [3.63, 3.8) is 0 Å². The van der Waals surface area contributed by atoms with Crippen LogP contribution >= 0.6 is 0 Å². The number of alkyl halides is 3. The zero-order valence-electron chi connectivity index (χ0n) is 9.44. The van der Waals surface area contributed by atoms with E-state index in [9.17, 15) is 22.8 Å². The molecule has 1 atom stereocenters. The number of carboxylic acid groups (broad SMARTS) is 1. The zero-order chi connectivity index (χ0) is 14.6. The van der Waals surface area contributed by atoms with Crippen LogP contribution in [-0.2, 0) is 11.0 Å². The quantitative estimate of drug-likeness (QED) is 0.762. The molecule has 104 valence electrons. The van der Waals surface area contributed by atoms with Crippen LogP contribution in [0.3, 0.4) is 0 Å². The number of amides is 1. The number of benzene rings is 1. The second-order valence-corrected chi connectivity index (χ2v) is 3.64. The lowest BCUT2D eigenvalue weighted by Gasteiger charge is -2.09. The Labute approximate surface area is 105 Å². The van der Waals surface area contributed by atoms with Crippen molar-refractivity contribution < 1.29 is 33.0 Å². The van der Waals surface area contributed by atoms with Crippen LogP contribution in [-0.4, -0.2) is 34.7 Å². The predicted octanol–water partition coefficient (Wildman–Crippen LogP) is 0.881. The molecule has 0 aliphatic rings. The first-order chi connectivity index (χ1) is 8.71. The number of carbonyl (C=O) groups excluding carboxylic acids is 1. The van der Waals surface area contributed by atoms with Crippen molar-refractivity contribution in [1.29, 1.82) is 0 Å². The lowest BCUT2D eigenvalue weighted by Crippen LogP contribution is -2.36. The van der Waals surface area contributed by atoms with E-state index < -0.39 is 36.3 Å². The minimum Gasteiger partial charge on any atom is -0.479 e. The largest absolute Gasteiger partial charge is 0.479 e. The number of hydrogen-bond acceptors (Lipinski definition) is 3. The highest BCUT2D eigenvalue weighted by Gasteiger charge is 2.30. The SMILES string of the molecule is O=C(NCC(O)C(=O)O)c1ccc(C(F)(F)F)cc1. The van der Waals surface area contributed by atoms with E-state index in [4.69, 9.17) is 10.2 Å². The molecule has 0 bridgehead atoms. The van der Waals surface area contributed by atoms with Gasteiger partial charge in [-0.3, -0.25) is 4.79 Å². The molecule has 0 aliphatic carbocycles. The molecule has 1 rings (SSSR count). The summed E-state index contributed by atoms with van der Waals surface area (Å²) in [5, 5.41) is 19.4. The second kappa shape index (κ2) is 5.70. The molecule has 19 heavy (non-hydrogen) atoms. The Balaban J connectivity index is 2.66. The fraction of sp³-hybridized carbons (Fsp3) is 0.273. The van der Waals surface area contributed by atoms with Gasteiger partial charge < -0.3 is 15.5 Å². The molecule has 0 saturated carbocycles. The number of carbonyl (C=O) groups is 2. The van der Waals surface area contributed by atoms with Gasteiger partial charge in [-0.2, -0.15) is 13.2 Å². The topological polar surface area (TPSA) is 86.6 Å². The third-order valence-corrected chi connectivity index (χ3v) is 2.22. The molecule has 0 aromatic heterocycles. The molecule has 1 aromatic carbocycles. The van der Waals surface area contributed by atoms with Crippen molar-refractivity contribution in [3.8, 4) is 0 Å². The van der Waals surface area contributed by atoms with Crippen LogP contribution in [0, 0.1) is 0 Å². The van der Waals surface area contributed by atoms with Gasteiger partial charge in [0, 0.05) is 5.56 Å². The molecule has 1 amide bonds. The first-order valence-corrected chi connectivity index (χ1v) is 5.08. The average molecular weight is 277 g/mol. The number of aliphatic hydroxyl groups excluding tert-OH is 1. The fourth-order valence-corrected chi connectivity index (χ4v) is 1.19. The van der Waals surface area contributed by atoms with Crippen molar-refractivity contribution in [3.05, 3.63) is 35.4 Å². The molecule has 0 fully saturated rings. The Morgan fingerprint density at radius 1 is 1.21 bits per heavy atom. The lowest BCUT2D eigenvalue weighted by molar-refractivity contribution is -0.146. The van der Waals surface area contributed by atoms with E-state index in [2.05, 4.69) is 5.32 Å². The van der Waals surface area contributed by atoms with Crippen molar-refractivity contribution >= 4 is 11.9 Å². The van der Waals surface area contributed by atoms with E-state index >= 15 is 0 Å². The van der Waals surface area contributed by atoms with E-state index in [1.807, 2.05) is 0 Å². The number of aliphatic hydroxyl groups is 1. The van der Waals surface area contributed by atoms with Gasteiger partial charge in [-0.1, -0.05) is 0 Å². The maximum absolute atomic E-state index is 12.3. The summed E-state index contributed by atoms with van der Waals surface area (Å²) in [6, 6.07) is 3.40. The summed E-state index contributed by atoms with van der Waals surface area (Å²) < 4.78 is 36.8. The summed E-state index contributed by atoms with van der Waals surface area (Å²) in [6.45, 7) is -0.533. The number of halogens is 3. The number of hydrogen-bond donors (Lipinski definition) is 3. The summed E-state index contributed by atoms with van der Waals surface area (Å²) in [5.74, 6) is -2.28. The molecular formula is C11H10F3NO4. The highest BCUT2D eigenvalue weighted by Crippen LogP contribution is 2.28. The fourth-order valence-electron chi connectivity index (χ4n) is 1.19. The third kappa shape index (κ3) is 4.25. The average Bonchev–Trinajstić information content (AvgIpc) is 2.34. The molecule has 1 aromatic rings. The first kappa shape index (κ1) is 15.0. The zero-order valence-corrected chi connectivity index (χ0v) is 9.44. The minimum absolute atomic E-state index is 0.0643. The van der Waals surface area contributed by atoms with Crippen molar-refractivity contribution in [2.45, 2.75) is 12.3 Å². The van der Waals surface area contributed by atoms with Gasteiger partial charge in [-0.25, -0.2) is 4.79 Å². The molecular weight excluding hydrogens is 267 g/mol. The molecule has 1 unspecified atom stereocenters. The van der Waals surface area contributed by atoms with Gasteiger partial charge in [-0.05, 0) is 24.3 Å². The van der Waals surface area contributed by atoms with E-state index in [0.717, 1.165) is 24.3 Å². The van der Waals surface area contributed by atoms with Crippen LogP contribution in [0.15, 0.2) is 24.3 Å². The van der Waals surface area contributed by atoms with Gasteiger partial charge in [0.05, 0.1) is 12.1 Å². The van der Waals surface area contributed by atoms with Crippen LogP contribution in [0.25, 0.3) is 0 Å². The molecule has 0 aliphatic heterocycles. The van der Waals surface area contributed by atoms with E-state index in [0.29, 0.717) is 0 Å². The number of carboxylic acids is 1. The van der Waals surface area contributed by atoms with E-state index in [1.54, 1.807) is 0 Å². The molecule has 0 saturated heterocycles. The third-order valence-electron chi connectivity index (χ3n) is 2.22. The standard InChI is InChI=1S/C11H10F3NO4/c12-11(13,14)7-3-1-6(2-4-7)9(17)15-5-8(16)10(18)19/h1-4,8,16H,5H2,(H,15,17)(H,18,19). The number of aliphatic carboxylic acids is 1. The minimum atomic E-state index is -4.49. The van der Waals surface area contributed by atoms with Crippen LogP contribution in [0.2, 0.25) is 0 Å². The smallest absolute Gasteiger partial charge is 0.416 e. The summed E-state index contributed by atoms with van der Waals surface area (Å²) in [6.07, 6.45) is -6.26. The van der Waals surface area contributed by atoms with Crippen molar-refractivity contribution in [1.82, 2.24) is 5.32 Å². The van der Waals surface area contributed by atoms with Crippen molar-refractivity contribution in [2.24, 2.45) is 0 Å². The van der Waals surface area contributed by atoms with Gasteiger partial charge in [0.15, 0.2) is 6.10 Å². The highest BCUT2D eigenvalue weighted by molar-refractivity contribution is 5.94. The normalized spacial score (nSPS) is 12.8. The number of rotatable bonds is 4. The molecule has 3 N–H and O–H groups in total. The van der Waals surface area contributed by atoms with E-state index in [-0.39, 0.29) is 5.56 Å². The van der Waals surface area contributed by atoms with Crippen molar-refractivity contribution in [2.75, 3.05) is 6.54 Å².